The maximum atomic E-state index is 7.06. The van der Waals surface area contributed by atoms with E-state index in [0.29, 0.717) is 0 Å². The first-order chi connectivity index (χ1) is 30.5. The van der Waals surface area contributed by atoms with Gasteiger partial charge in [-0.25, -0.2) is 0 Å². The van der Waals surface area contributed by atoms with Crippen molar-refractivity contribution in [1.29, 1.82) is 0 Å². The van der Waals surface area contributed by atoms with E-state index in [1.54, 1.807) is 0 Å². The molecule has 14 rings (SSSR count). The Bertz CT molecular complexity index is 3710. The van der Waals surface area contributed by atoms with Crippen LogP contribution in [-0.2, 0) is 5.41 Å². The van der Waals surface area contributed by atoms with E-state index in [-0.39, 0.29) is 12.1 Å². The number of hydrogen-bond donors (Lipinski definition) is 0. The predicted octanol–water partition coefficient (Wildman–Crippen LogP) is 13.5. The highest BCUT2D eigenvalue weighted by Gasteiger charge is 2.46. The summed E-state index contributed by atoms with van der Waals surface area (Å²) in [4.78, 5) is 5.02. The highest BCUT2D eigenvalue weighted by molar-refractivity contribution is 7.00. The van der Waals surface area contributed by atoms with E-state index in [1.807, 2.05) is 12.1 Å². The van der Waals surface area contributed by atoms with Gasteiger partial charge in [-0.3, -0.25) is 0 Å². The maximum absolute atomic E-state index is 7.06. The van der Waals surface area contributed by atoms with Gasteiger partial charge in [-0.1, -0.05) is 135 Å². The Morgan fingerprint density at radius 1 is 0.435 bits per heavy atom. The van der Waals surface area contributed by atoms with Gasteiger partial charge in [0, 0.05) is 55.4 Å². The van der Waals surface area contributed by atoms with Crippen molar-refractivity contribution in [3.05, 3.63) is 199 Å². The standard InChI is InChI=1S/C57H37BN2O2/c1-57(2)43-17-6-3-14-37(43)41-33-42-39-16-5-12-25-51(39)62-56(42)55(53(41)57)60-47-21-10-8-19-45(47)58-44-18-7-9-20-46(44)59(48-22-13-23-49(60)54(48)58)36-29-26-34(27-30-36)35-28-31-52-40(32-35)38-15-4-11-24-50(38)61-52/h3-33H,1-2H3. The molecule has 0 spiro atoms. The van der Waals surface area contributed by atoms with E-state index in [9.17, 15) is 0 Å². The third-order valence-electron chi connectivity index (χ3n) is 14.0. The summed E-state index contributed by atoms with van der Waals surface area (Å²) >= 11 is 0. The normalized spacial score (nSPS) is 14.3. The van der Waals surface area contributed by atoms with Crippen molar-refractivity contribution in [3.8, 4) is 22.3 Å². The van der Waals surface area contributed by atoms with Crippen LogP contribution in [0.3, 0.4) is 0 Å². The fourth-order valence-corrected chi connectivity index (χ4v) is 11.4. The van der Waals surface area contributed by atoms with Gasteiger partial charge in [0.25, 0.3) is 6.71 Å². The van der Waals surface area contributed by atoms with Crippen LogP contribution < -0.4 is 26.2 Å². The first-order valence-corrected chi connectivity index (χ1v) is 21.5. The van der Waals surface area contributed by atoms with Crippen LogP contribution >= 0.6 is 0 Å². The number of para-hydroxylation sites is 4. The fourth-order valence-electron chi connectivity index (χ4n) is 11.4. The summed E-state index contributed by atoms with van der Waals surface area (Å²) in [7, 11) is 0. The van der Waals surface area contributed by atoms with Crippen LogP contribution in [0.25, 0.3) is 66.1 Å². The second-order valence-electron chi connectivity index (χ2n) is 17.6. The summed E-state index contributed by atoms with van der Waals surface area (Å²) in [5.41, 5.74) is 21.7. The molecule has 0 amide bonds. The zero-order valence-electron chi connectivity index (χ0n) is 34.2. The van der Waals surface area contributed by atoms with Crippen molar-refractivity contribution in [2.24, 2.45) is 0 Å². The van der Waals surface area contributed by atoms with Crippen LogP contribution in [0.1, 0.15) is 25.0 Å². The van der Waals surface area contributed by atoms with Gasteiger partial charge in [-0.2, -0.15) is 0 Å². The Hall–Kier alpha value is -7.76. The topological polar surface area (TPSA) is 32.8 Å². The van der Waals surface area contributed by atoms with E-state index in [0.717, 1.165) is 66.4 Å². The number of anilines is 6. The van der Waals surface area contributed by atoms with Gasteiger partial charge in [0.2, 0.25) is 0 Å². The molecule has 3 aliphatic rings. The number of hydrogen-bond acceptors (Lipinski definition) is 4. The molecule has 0 unspecified atom stereocenters. The Labute approximate surface area is 359 Å². The molecule has 0 N–H and O–H groups in total. The molecule has 4 nitrogen and oxygen atoms in total. The Balaban J connectivity index is 1.00. The van der Waals surface area contributed by atoms with E-state index < -0.39 is 0 Å². The van der Waals surface area contributed by atoms with Crippen molar-refractivity contribution in [2.75, 3.05) is 9.80 Å². The number of fused-ring (bicyclic) bond motifs is 13. The second kappa shape index (κ2) is 12.2. The lowest BCUT2D eigenvalue weighted by atomic mass is 9.33. The first kappa shape index (κ1) is 34.0. The fraction of sp³-hybridized carbons (Fsp3) is 0.0526. The summed E-state index contributed by atoms with van der Waals surface area (Å²) < 4.78 is 13.2. The molecule has 11 aromatic rings. The van der Waals surface area contributed by atoms with Gasteiger partial charge in [0.15, 0.2) is 5.58 Å². The monoisotopic (exact) mass is 792 g/mol. The number of benzene rings is 9. The summed E-state index contributed by atoms with van der Waals surface area (Å²) in [5.74, 6) is 0. The molecule has 1 aliphatic carbocycles. The van der Waals surface area contributed by atoms with Crippen molar-refractivity contribution in [3.63, 3.8) is 0 Å². The lowest BCUT2D eigenvalue weighted by Gasteiger charge is -2.44. The van der Waals surface area contributed by atoms with Crippen molar-refractivity contribution in [2.45, 2.75) is 19.3 Å². The maximum Gasteiger partial charge on any atom is 0.252 e. The highest BCUT2D eigenvalue weighted by Crippen LogP contribution is 2.58. The van der Waals surface area contributed by atoms with Crippen LogP contribution in [0.15, 0.2) is 197 Å². The largest absolute Gasteiger partial charge is 0.456 e. The third-order valence-corrected chi connectivity index (χ3v) is 14.0. The van der Waals surface area contributed by atoms with Crippen LogP contribution in [-0.4, -0.2) is 6.71 Å². The Morgan fingerprint density at radius 3 is 1.79 bits per heavy atom. The first-order valence-electron chi connectivity index (χ1n) is 21.5. The van der Waals surface area contributed by atoms with Crippen LogP contribution in [0.4, 0.5) is 34.1 Å². The number of nitrogens with zero attached hydrogens (tertiary/aromatic N) is 2. The smallest absolute Gasteiger partial charge is 0.252 e. The molecule has 4 heterocycles. The molecular formula is C57H37BN2O2. The van der Waals surface area contributed by atoms with Crippen LogP contribution in [0, 0.1) is 0 Å². The third kappa shape index (κ3) is 4.42. The average molecular weight is 793 g/mol. The summed E-state index contributed by atoms with van der Waals surface area (Å²) in [6.07, 6.45) is 0. The predicted molar refractivity (Wildman–Crippen MR) is 258 cm³/mol. The SMILES string of the molecule is CC1(C)c2ccccc2-c2cc3c(oc4ccccc43)c(N3c4ccccc4B4c5ccccc5N(c5ccc(-c6ccc7oc8ccccc8c7c6)cc5)c5cccc3c54)c21. The molecule has 0 bridgehead atoms. The molecule has 9 aromatic carbocycles. The van der Waals surface area contributed by atoms with Gasteiger partial charge in [0.1, 0.15) is 16.7 Å². The summed E-state index contributed by atoms with van der Waals surface area (Å²) in [5, 5.41) is 4.54. The minimum absolute atomic E-state index is 0.0324. The van der Waals surface area contributed by atoms with Crippen LogP contribution in [0.2, 0.25) is 0 Å². The van der Waals surface area contributed by atoms with E-state index in [2.05, 4.69) is 200 Å². The molecule has 62 heavy (non-hydrogen) atoms. The van der Waals surface area contributed by atoms with Gasteiger partial charge < -0.3 is 18.6 Å². The number of furan rings is 2. The van der Waals surface area contributed by atoms with Gasteiger partial charge >= 0.3 is 0 Å². The van der Waals surface area contributed by atoms with Gasteiger partial charge in [-0.05, 0) is 116 Å². The Kier molecular flexibility index (Phi) is 6.68. The second-order valence-corrected chi connectivity index (χ2v) is 17.6. The van der Waals surface area contributed by atoms with E-state index >= 15 is 0 Å². The van der Waals surface area contributed by atoms with E-state index in [4.69, 9.17) is 8.83 Å². The molecule has 0 saturated heterocycles. The average Bonchev–Trinajstić information content (AvgIpc) is 3.96. The van der Waals surface area contributed by atoms with Crippen molar-refractivity contribution in [1.82, 2.24) is 0 Å². The lowest BCUT2D eigenvalue weighted by Crippen LogP contribution is -2.61. The molecular weight excluding hydrogens is 755 g/mol. The quantitative estimate of drug-likeness (QED) is 0.167. The van der Waals surface area contributed by atoms with Crippen molar-refractivity contribution >= 4 is 101 Å². The Morgan fingerprint density at radius 2 is 1.02 bits per heavy atom. The van der Waals surface area contributed by atoms with Gasteiger partial charge in [0.05, 0.1) is 5.69 Å². The summed E-state index contributed by atoms with van der Waals surface area (Å²) in [6, 6.07) is 68.6. The molecule has 2 aromatic heterocycles. The molecule has 0 saturated carbocycles. The number of rotatable bonds is 3. The van der Waals surface area contributed by atoms with Gasteiger partial charge in [-0.15, -0.1) is 0 Å². The van der Waals surface area contributed by atoms with E-state index in [1.165, 1.54) is 61.4 Å². The molecule has 0 atom stereocenters. The summed E-state index contributed by atoms with van der Waals surface area (Å²) in [6.45, 7) is 4.79. The lowest BCUT2D eigenvalue weighted by molar-refractivity contribution is 0.648. The molecule has 2 aliphatic heterocycles. The molecule has 290 valence electrons. The zero-order valence-corrected chi connectivity index (χ0v) is 34.2. The minimum atomic E-state index is -0.287. The molecule has 0 fully saturated rings. The zero-order chi connectivity index (χ0) is 40.8. The molecule has 0 radical (unpaired) electrons. The van der Waals surface area contributed by atoms with Crippen LogP contribution in [0.5, 0.6) is 0 Å². The molecule has 5 heteroatoms. The highest BCUT2D eigenvalue weighted by atomic mass is 16.3. The minimum Gasteiger partial charge on any atom is -0.456 e. The van der Waals surface area contributed by atoms with Crippen molar-refractivity contribution < 1.29 is 8.83 Å².